The Labute approximate surface area is 182 Å². The Bertz CT molecular complexity index is 1160. The number of aromatic nitrogens is 2. The normalized spacial score (nSPS) is 13.5. The van der Waals surface area contributed by atoms with Crippen molar-refractivity contribution < 1.29 is 23.1 Å². The Hall–Kier alpha value is -3.95. The molecule has 9 nitrogen and oxygen atoms in total. The Morgan fingerprint density at radius 1 is 1.16 bits per heavy atom. The molecular formula is C22H21FN4O5. The monoisotopic (exact) mass is 440 g/mol. The molecule has 166 valence electrons. The Balaban J connectivity index is 1.20. The highest BCUT2D eigenvalue weighted by molar-refractivity contribution is 5.85. The molecule has 1 N–H and O–H groups in total. The van der Waals surface area contributed by atoms with Crippen LogP contribution in [0.25, 0.3) is 11.5 Å². The summed E-state index contributed by atoms with van der Waals surface area (Å²) in [4.78, 5) is 37.9. The second-order valence-corrected chi connectivity index (χ2v) is 7.26. The number of benzene rings is 1. The largest absolute Gasteiger partial charge is 0.481 e. The molecule has 1 aromatic carbocycles. The zero-order valence-corrected chi connectivity index (χ0v) is 17.1. The first-order chi connectivity index (χ1) is 15.5. The van der Waals surface area contributed by atoms with Gasteiger partial charge in [-0.25, -0.2) is 9.07 Å². The van der Waals surface area contributed by atoms with Gasteiger partial charge in [-0.15, -0.1) is 0 Å². The van der Waals surface area contributed by atoms with E-state index in [9.17, 15) is 18.8 Å². The van der Waals surface area contributed by atoms with Crippen molar-refractivity contribution in [3.8, 4) is 17.2 Å². The van der Waals surface area contributed by atoms with Gasteiger partial charge in [-0.1, -0.05) is 12.1 Å². The van der Waals surface area contributed by atoms with Crippen molar-refractivity contribution in [1.29, 1.82) is 0 Å². The van der Waals surface area contributed by atoms with E-state index in [1.54, 1.807) is 24.3 Å². The van der Waals surface area contributed by atoms with Crippen molar-refractivity contribution in [1.82, 2.24) is 20.0 Å². The number of hydrogen-bond acceptors (Lipinski definition) is 6. The molecular weight excluding hydrogens is 419 g/mol. The van der Waals surface area contributed by atoms with Crippen LogP contribution in [0.15, 0.2) is 64.0 Å². The molecule has 0 bridgehead atoms. The Morgan fingerprint density at radius 2 is 1.97 bits per heavy atom. The summed E-state index contributed by atoms with van der Waals surface area (Å²) in [5.74, 6) is -0.852. The van der Waals surface area contributed by atoms with Crippen molar-refractivity contribution in [2.75, 3.05) is 26.2 Å². The summed E-state index contributed by atoms with van der Waals surface area (Å²) >= 11 is 0. The number of amides is 2. The molecule has 1 aliphatic heterocycles. The maximum atomic E-state index is 13.5. The lowest BCUT2D eigenvalue weighted by molar-refractivity contribution is -0.144. The number of halogens is 1. The quantitative estimate of drug-likeness (QED) is 0.566. The van der Waals surface area contributed by atoms with Crippen LogP contribution in [-0.4, -0.2) is 52.7 Å². The Morgan fingerprint density at radius 3 is 2.72 bits per heavy atom. The van der Waals surface area contributed by atoms with Crippen LogP contribution in [0.4, 0.5) is 4.39 Å². The van der Waals surface area contributed by atoms with E-state index in [0.29, 0.717) is 11.5 Å². The van der Waals surface area contributed by atoms with Crippen LogP contribution in [0.2, 0.25) is 0 Å². The third kappa shape index (κ3) is 4.85. The van der Waals surface area contributed by atoms with Gasteiger partial charge in [0.15, 0.2) is 23.9 Å². The average molecular weight is 440 g/mol. The van der Waals surface area contributed by atoms with Crippen LogP contribution >= 0.6 is 0 Å². The lowest BCUT2D eigenvalue weighted by atomic mass is 9.99. The molecule has 32 heavy (non-hydrogen) atoms. The van der Waals surface area contributed by atoms with Gasteiger partial charge in [0, 0.05) is 25.7 Å². The third-order valence-electron chi connectivity index (χ3n) is 5.06. The summed E-state index contributed by atoms with van der Waals surface area (Å²) in [6, 6.07) is 12.3. The molecule has 1 saturated heterocycles. The van der Waals surface area contributed by atoms with Crippen LogP contribution < -0.4 is 15.6 Å². The predicted octanol–water partition coefficient (Wildman–Crippen LogP) is 1.30. The van der Waals surface area contributed by atoms with Crippen LogP contribution in [0.1, 0.15) is 0 Å². The van der Waals surface area contributed by atoms with E-state index < -0.39 is 5.82 Å². The fraction of sp³-hybridized carbons (Fsp3) is 0.273. The number of ether oxygens (including phenoxy) is 1. The van der Waals surface area contributed by atoms with Gasteiger partial charge in [-0.3, -0.25) is 14.4 Å². The second-order valence-electron chi connectivity index (χ2n) is 7.26. The molecule has 2 aromatic heterocycles. The zero-order chi connectivity index (χ0) is 22.5. The number of nitrogens with zero attached hydrogens (tertiary/aromatic N) is 3. The number of para-hydroxylation sites is 1. The van der Waals surface area contributed by atoms with E-state index in [-0.39, 0.29) is 61.8 Å². The summed E-state index contributed by atoms with van der Waals surface area (Å²) in [7, 11) is 0. The number of carbonyl (C=O) groups excluding carboxylic acids is 2. The van der Waals surface area contributed by atoms with E-state index in [4.69, 9.17) is 9.15 Å². The molecule has 0 atom stereocenters. The SMILES string of the molecule is O=C(NCCn1nc(-c2ccco2)ccc1=O)C1CN(C(=O)COc2ccccc2F)C1. The number of rotatable bonds is 8. The lowest BCUT2D eigenvalue weighted by Crippen LogP contribution is -2.57. The number of carbonyl (C=O) groups is 2. The minimum absolute atomic E-state index is 0.00985. The minimum atomic E-state index is -0.538. The van der Waals surface area contributed by atoms with E-state index in [1.165, 1.54) is 40.1 Å². The highest BCUT2D eigenvalue weighted by Crippen LogP contribution is 2.18. The molecule has 10 heteroatoms. The zero-order valence-electron chi connectivity index (χ0n) is 17.1. The molecule has 2 amide bonds. The second kappa shape index (κ2) is 9.46. The Kier molecular flexibility index (Phi) is 6.29. The van der Waals surface area contributed by atoms with Gasteiger partial charge >= 0.3 is 0 Å². The van der Waals surface area contributed by atoms with Crippen molar-refractivity contribution in [3.63, 3.8) is 0 Å². The van der Waals surface area contributed by atoms with Crippen molar-refractivity contribution in [2.24, 2.45) is 5.92 Å². The molecule has 3 heterocycles. The van der Waals surface area contributed by atoms with Crippen LogP contribution in [0, 0.1) is 11.7 Å². The summed E-state index contributed by atoms with van der Waals surface area (Å²) in [6.45, 7) is 0.643. The maximum absolute atomic E-state index is 13.5. The fourth-order valence-electron chi connectivity index (χ4n) is 3.23. The van der Waals surface area contributed by atoms with Gasteiger partial charge < -0.3 is 19.4 Å². The molecule has 1 fully saturated rings. The first kappa shape index (κ1) is 21.3. The van der Waals surface area contributed by atoms with Gasteiger partial charge in [0.2, 0.25) is 5.91 Å². The van der Waals surface area contributed by atoms with Crippen molar-refractivity contribution in [3.05, 3.63) is 71.0 Å². The van der Waals surface area contributed by atoms with Gasteiger partial charge in [0.25, 0.3) is 11.5 Å². The first-order valence-corrected chi connectivity index (χ1v) is 10.1. The predicted molar refractivity (Wildman–Crippen MR) is 111 cm³/mol. The number of likely N-dealkylation sites (tertiary alicyclic amines) is 1. The number of hydrogen-bond donors (Lipinski definition) is 1. The van der Waals surface area contributed by atoms with Gasteiger partial charge in [-0.2, -0.15) is 5.10 Å². The van der Waals surface area contributed by atoms with Crippen LogP contribution in [0.5, 0.6) is 5.75 Å². The van der Waals surface area contributed by atoms with E-state index >= 15 is 0 Å². The molecule has 0 radical (unpaired) electrons. The highest BCUT2D eigenvalue weighted by atomic mass is 19.1. The topological polar surface area (TPSA) is 107 Å². The molecule has 4 rings (SSSR count). The number of furan rings is 1. The summed E-state index contributed by atoms with van der Waals surface area (Å²) in [5.41, 5.74) is 0.233. The summed E-state index contributed by atoms with van der Waals surface area (Å²) in [6.07, 6.45) is 1.52. The third-order valence-corrected chi connectivity index (χ3v) is 5.06. The van der Waals surface area contributed by atoms with Crippen molar-refractivity contribution in [2.45, 2.75) is 6.54 Å². The number of nitrogens with one attached hydrogen (secondary N) is 1. The molecule has 3 aromatic rings. The molecule has 0 unspecified atom stereocenters. The standard InChI is InChI=1S/C22H21FN4O5/c23-16-4-1-2-5-18(16)32-14-21(29)26-12-15(13-26)22(30)24-9-10-27-20(28)8-7-17(25-27)19-6-3-11-31-19/h1-8,11,15H,9-10,12-14H2,(H,24,30). The maximum Gasteiger partial charge on any atom is 0.266 e. The van der Waals surface area contributed by atoms with E-state index in [1.807, 2.05) is 0 Å². The van der Waals surface area contributed by atoms with Crippen LogP contribution in [-0.2, 0) is 16.1 Å². The van der Waals surface area contributed by atoms with E-state index in [0.717, 1.165) is 0 Å². The molecule has 0 saturated carbocycles. The summed E-state index contributed by atoms with van der Waals surface area (Å²) < 4.78 is 25.3. The molecule has 0 aliphatic carbocycles. The lowest BCUT2D eigenvalue weighted by Gasteiger charge is -2.38. The average Bonchev–Trinajstić information content (AvgIpc) is 3.28. The van der Waals surface area contributed by atoms with Crippen molar-refractivity contribution >= 4 is 11.8 Å². The first-order valence-electron chi connectivity index (χ1n) is 10.1. The van der Waals surface area contributed by atoms with E-state index in [2.05, 4.69) is 10.4 Å². The summed E-state index contributed by atoms with van der Waals surface area (Å²) in [5, 5.41) is 7.00. The molecule has 0 spiro atoms. The van der Waals surface area contributed by atoms with Gasteiger partial charge in [-0.05, 0) is 30.3 Å². The van der Waals surface area contributed by atoms with Crippen LogP contribution in [0.3, 0.4) is 0 Å². The molecule has 1 aliphatic rings. The van der Waals surface area contributed by atoms with Gasteiger partial charge in [0.1, 0.15) is 5.69 Å². The highest BCUT2D eigenvalue weighted by Gasteiger charge is 2.35. The van der Waals surface area contributed by atoms with Gasteiger partial charge in [0.05, 0.1) is 18.7 Å². The smallest absolute Gasteiger partial charge is 0.266 e. The minimum Gasteiger partial charge on any atom is -0.481 e. The fourth-order valence-corrected chi connectivity index (χ4v) is 3.23.